The molecule has 1 heterocycles. The largest absolute Gasteiger partial charge is 0.329 e. The summed E-state index contributed by atoms with van der Waals surface area (Å²) in [6.07, 6.45) is 0. The molecule has 0 bridgehead atoms. The molecule has 0 aromatic heterocycles. The maximum Gasteiger partial charge on any atom is 0.0471 e. The van der Waals surface area contributed by atoms with Crippen molar-refractivity contribution in [1.29, 1.82) is 0 Å². The van der Waals surface area contributed by atoms with E-state index in [0.29, 0.717) is 12.6 Å². The second kappa shape index (κ2) is 6.15. The first-order valence-electron chi connectivity index (χ1n) is 6.50. The maximum atomic E-state index is 5.99. The lowest BCUT2D eigenvalue weighted by Gasteiger charge is -2.37. The molecule has 1 aromatic rings. The van der Waals surface area contributed by atoms with Gasteiger partial charge in [-0.2, -0.15) is 0 Å². The van der Waals surface area contributed by atoms with Crippen LogP contribution in [-0.4, -0.2) is 49.6 Å². The highest BCUT2D eigenvalue weighted by Crippen LogP contribution is 2.25. The van der Waals surface area contributed by atoms with Gasteiger partial charge >= 0.3 is 0 Å². The van der Waals surface area contributed by atoms with Crippen LogP contribution in [0.5, 0.6) is 0 Å². The van der Waals surface area contributed by atoms with E-state index in [1.165, 1.54) is 15.6 Å². The normalized spacial score (nSPS) is 20.0. The molecule has 0 spiro atoms. The number of rotatable bonds is 3. The third-order valence-corrected chi connectivity index (χ3v) is 4.66. The van der Waals surface area contributed by atoms with Crippen molar-refractivity contribution in [3.8, 4) is 0 Å². The first-order valence-corrected chi connectivity index (χ1v) is 7.30. The first-order chi connectivity index (χ1) is 8.61. The molecule has 1 aliphatic heterocycles. The van der Waals surface area contributed by atoms with Crippen LogP contribution in [0.4, 0.5) is 0 Å². The van der Waals surface area contributed by atoms with Crippen LogP contribution in [0.3, 0.4) is 0 Å². The number of halogens is 1. The van der Waals surface area contributed by atoms with Crippen molar-refractivity contribution in [2.45, 2.75) is 13.0 Å². The molecule has 1 atom stereocenters. The molecule has 0 aliphatic carbocycles. The van der Waals surface area contributed by atoms with E-state index in [-0.39, 0.29) is 0 Å². The monoisotopic (exact) mass is 311 g/mol. The van der Waals surface area contributed by atoms with Gasteiger partial charge in [-0.05, 0) is 31.2 Å². The lowest BCUT2D eigenvalue weighted by atomic mass is 10.0. The van der Waals surface area contributed by atoms with E-state index in [9.17, 15) is 0 Å². The quantitative estimate of drug-likeness (QED) is 0.927. The van der Waals surface area contributed by atoms with E-state index in [2.05, 4.69) is 57.9 Å². The molecular weight excluding hydrogens is 290 g/mol. The van der Waals surface area contributed by atoms with Gasteiger partial charge in [-0.15, -0.1) is 0 Å². The van der Waals surface area contributed by atoms with E-state index in [1.807, 2.05) is 0 Å². The summed E-state index contributed by atoms with van der Waals surface area (Å²) in [5, 5.41) is 0. The molecule has 1 saturated heterocycles. The molecule has 100 valence electrons. The second-order valence-corrected chi connectivity index (χ2v) is 5.95. The fourth-order valence-electron chi connectivity index (χ4n) is 2.50. The average Bonchev–Trinajstić information content (AvgIpc) is 2.37. The van der Waals surface area contributed by atoms with Gasteiger partial charge in [0, 0.05) is 43.2 Å². The topological polar surface area (TPSA) is 32.5 Å². The van der Waals surface area contributed by atoms with E-state index >= 15 is 0 Å². The summed E-state index contributed by atoms with van der Waals surface area (Å²) in [4.78, 5) is 4.87. The third-order valence-electron chi connectivity index (χ3n) is 3.77. The van der Waals surface area contributed by atoms with E-state index in [4.69, 9.17) is 5.73 Å². The zero-order valence-corrected chi connectivity index (χ0v) is 12.8. The lowest BCUT2D eigenvalue weighted by Crippen LogP contribution is -2.47. The van der Waals surface area contributed by atoms with E-state index in [0.717, 1.165) is 26.2 Å². The fourth-order valence-corrected chi connectivity index (χ4v) is 2.75. The number of hydrogen-bond acceptors (Lipinski definition) is 3. The zero-order valence-electron chi connectivity index (χ0n) is 11.2. The first kappa shape index (κ1) is 14.0. The van der Waals surface area contributed by atoms with E-state index < -0.39 is 0 Å². The smallest absolute Gasteiger partial charge is 0.0471 e. The minimum absolute atomic E-state index is 0.352. The van der Waals surface area contributed by atoms with Gasteiger partial charge < -0.3 is 10.6 Å². The number of nitrogens with zero attached hydrogens (tertiary/aromatic N) is 2. The van der Waals surface area contributed by atoms with Crippen LogP contribution >= 0.6 is 15.9 Å². The van der Waals surface area contributed by atoms with Gasteiger partial charge in [-0.1, -0.05) is 28.1 Å². The molecule has 1 fully saturated rings. The molecule has 0 saturated carbocycles. The van der Waals surface area contributed by atoms with Gasteiger partial charge in [0.25, 0.3) is 0 Å². The van der Waals surface area contributed by atoms with Crippen molar-refractivity contribution < 1.29 is 0 Å². The SMILES string of the molecule is Cc1cc(C(CN)N2CCN(C)CC2)ccc1Br. The van der Waals surface area contributed by atoms with Crippen LogP contribution in [0.25, 0.3) is 0 Å². The van der Waals surface area contributed by atoms with Gasteiger partial charge in [0.05, 0.1) is 0 Å². The van der Waals surface area contributed by atoms with Crippen LogP contribution < -0.4 is 5.73 Å². The lowest BCUT2D eigenvalue weighted by molar-refractivity contribution is 0.114. The summed E-state index contributed by atoms with van der Waals surface area (Å²) in [6, 6.07) is 6.92. The average molecular weight is 312 g/mol. The predicted molar refractivity (Wildman–Crippen MR) is 79.7 cm³/mol. The number of likely N-dealkylation sites (N-methyl/N-ethyl adjacent to an activating group) is 1. The van der Waals surface area contributed by atoms with Crippen molar-refractivity contribution >= 4 is 15.9 Å². The molecule has 4 heteroatoms. The molecule has 2 rings (SSSR count). The number of nitrogens with two attached hydrogens (primary N) is 1. The fraction of sp³-hybridized carbons (Fsp3) is 0.571. The minimum atomic E-state index is 0.352. The van der Waals surface area contributed by atoms with Crippen molar-refractivity contribution in [3.63, 3.8) is 0 Å². The number of benzene rings is 1. The predicted octanol–water partition coefficient (Wildman–Crippen LogP) is 2.00. The minimum Gasteiger partial charge on any atom is -0.329 e. The van der Waals surface area contributed by atoms with Gasteiger partial charge in [0.1, 0.15) is 0 Å². The van der Waals surface area contributed by atoms with Gasteiger partial charge in [0.2, 0.25) is 0 Å². The summed E-state index contributed by atoms with van der Waals surface area (Å²) in [6.45, 7) is 7.29. The summed E-state index contributed by atoms with van der Waals surface area (Å²) in [5.41, 5.74) is 8.61. The van der Waals surface area contributed by atoms with Crippen LogP contribution in [0.15, 0.2) is 22.7 Å². The third kappa shape index (κ3) is 3.12. The highest BCUT2D eigenvalue weighted by atomic mass is 79.9. The molecule has 18 heavy (non-hydrogen) atoms. The Morgan fingerprint density at radius 2 is 1.94 bits per heavy atom. The Kier molecular flexibility index (Phi) is 4.78. The molecule has 2 N–H and O–H groups in total. The Bertz CT molecular complexity index is 400. The molecular formula is C14H22BrN3. The second-order valence-electron chi connectivity index (χ2n) is 5.10. The number of hydrogen-bond donors (Lipinski definition) is 1. The summed E-state index contributed by atoms with van der Waals surface area (Å²) in [5.74, 6) is 0. The maximum absolute atomic E-state index is 5.99. The molecule has 1 aliphatic rings. The highest BCUT2D eigenvalue weighted by Gasteiger charge is 2.22. The Morgan fingerprint density at radius 3 is 2.50 bits per heavy atom. The van der Waals surface area contributed by atoms with Crippen molar-refractivity contribution in [2.75, 3.05) is 39.8 Å². The van der Waals surface area contributed by atoms with Crippen LogP contribution in [0.1, 0.15) is 17.2 Å². The number of piperazine rings is 1. The van der Waals surface area contributed by atoms with Crippen LogP contribution in [0.2, 0.25) is 0 Å². The van der Waals surface area contributed by atoms with Crippen LogP contribution in [-0.2, 0) is 0 Å². The highest BCUT2D eigenvalue weighted by molar-refractivity contribution is 9.10. The van der Waals surface area contributed by atoms with Crippen molar-refractivity contribution in [2.24, 2.45) is 5.73 Å². The summed E-state index contributed by atoms with van der Waals surface area (Å²) in [7, 11) is 2.18. The summed E-state index contributed by atoms with van der Waals surface area (Å²) < 4.78 is 1.17. The molecule has 0 radical (unpaired) electrons. The molecule has 3 nitrogen and oxygen atoms in total. The van der Waals surface area contributed by atoms with Gasteiger partial charge in [0.15, 0.2) is 0 Å². The Hall–Kier alpha value is -0.420. The van der Waals surface area contributed by atoms with Gasteiger partial charge in [-0.25, -0.2) is 0 Å². The Morgan fingerprint density at radius 1 is 1.28 bits per heavy atom. The Labute approximate surface area is 118 Å². The number of aryl methyl sites for hydroxylation is 1. The summed E-state index contributed by atoms with van der Waals surface area (Å²) >= 11 is 3.55. The van der Waals surface area contributed by atoms with Gasteiger partial charge in [-0.3, -0.25) is 4.90 Å². The van der Waals surface area contributed by atoms with Crippen molar-refractivity contribution in [3.05, 3.63) is 33.8 Å². The Balaban J connectivity index is 2.14. The molecule has 1 unspecified atom stereocenters. The molecule has 0 amide bonds. The van der Waals surface area contributed by atoms with Crippen LogP contribution in [0, 0.1) is 6.92 Å². The zero-order chi connectivity index (χ0) is 13.1. The van der Waals surface area contributed by atoms with E-state index in [1.54, 1.807) is 0 Å². The standard InChI is InChI=1S/C14H22BrN3/c1-11-9-12(3-4-13(11)15)14(10-16)18-7-5-17(2)6-8-18/h3-4,9,14H,5-8,10,16H2,1-2H3. The van der Waals surface area contributed by atoms with Crippen molar-refractivity contribution in [1.82, 2.24) is 9.80 Å². The molecule has 1 aromatic carbocycles.